The Morgan fingerprint density at radius 1 is 1.09 bits per heavy atom. The van der Waals surface area contributed by atoms with E-state index >= 15 is 0 Å². The summed E-state index contributed by atoms with van der Waals surface area (Å²) in [7, 11) is 0. The summed E-state index contributed by atoms with van der Waals surface area (Å²) in [6.07, 6.45) is 9.07. The van der Waals surface area contributed by atoms with E-state index in [-0.39, 0.29) is 0 Å². The Kier molecular flexibility index (Phi) is 3.97. The fraction of sp³-hybridized carbons (Fsp3) is 0.562. The first-order chi connectivity index (χ1) is 11.3. The largest absolute Gasteiger partial charge is 0.289 e. The van der Waals surface area contributed by atoms with Crippen LogP contribution in [0.4, 0.5) is 5.82 Å². The average Bonchev–Trinajstić information content (AvgIpc) is 3.08. The Hall–Kier alpha value is -1.99. The molecular formula is C16H23N7. The Labute approximate surface area is 136 Å². The van der Waals surface area contributed by atoms with Gasteiger partial charge >= 0.3 is 0 Å². The zero-order valence-corrected chi connectivity index (χ0v) is 13.6. The minimum absolute atomic E-state index is 0.731. The van der Waals surface area contributed by atoms with E-state index < -0.39 is 0 Å². The molecule has 0 aromatic carbocycles. The molecule has 7 heteroatoms. The fourth-order valence-corrected chi connectivity index (χ4v) is 3.36. The molecule has 0 spiro atoms. The van der Waals surface area contributed by atoms with Crippen LogP contribution in [0.25, 0.3) is 0 Å². The van der Waals surface area contributed by atoms with E-state index in [4.69, 9.17) is 4.99 Å². The molecule has 7 nitrogen and oxygen atoms in total. The predicted molar refractivity (Wildman–Crippen MR) is 88.5 cm³/mol. The molecule has 0 bridgehead atoms. The van der Waals surface area contributed by atoms with Gasteiger partial charge in [0.25, 0.3) is 0 Å². The van der Waals surface area contributed by atoms with Crippen molar-refractivity contribution in [2.45, 2.75) is 39.2 Å². The van der Waals surface area contributed by atoms with Crippen LogP contribution in [-0.4, -0.2) is 55.2 Å². The van der Waals surface area contributed by atoms with Crippen molar-refractivity contribution in [2.24, 2.45) is 4.99 Å². The van der Waals surface area contributed by atoms with Crippen LogP contribution in [0.15, 0.2) is 23.5 Å². The molecule has 0 saturated carbocycles. The molecule has 1 saturated heterocycles. The van der Waals surface area contributed by atoms with E-state index in [0.29, 0.717) is 0 Å². The van der Waals surface area contributed by atoms with E-state index in [0.717, 1.165) is 49.4 Å². The number of nitrogens with zero attached hydrogens (tertiary/aromatic N) is 6. The quantitative estimate of drug-likeness (QED) is 0.922. The number of fused-ring (bicyclic) bond motifs is 1. The summed E-state index contributed by atoms with van der Waals surface area (Å²) in [6, 6.07) is 1.97. The molecule has 23 heavy (non-hydrogen) atoms. The van der Waals surface area contributed by atoms with Crippen molar-refractivity contribution in [2.75, 3.05) is 19.6 Å². The number of H-pyrrole nitrogens is 1. The van der Waals surface area contributed by atoms with Crippen molar-refractivity contribution >= 4 is 11.7 Å². The SMILES string of the molecule is Cc1cc(N=C2CN(N3CCCCCC3)Cc3nccn32)n[nH]1. The molecule has 2 aliphatic rings. The monoisotopic (exact) mass is 313 g/mol. The van der Waals surface area contributed by atoms with Crippen LogP contribution >= 0.6 is 0 Å². The van der Waals surface area contributed by atoms with Gasteiger partial charge in [-0.05, 0) is 19.8 Å². The van der Waals surface area contributed by atoms with Gasteiger partial charge in [0.2, 0.25) is 0 Å². The second-order valence-corrected chi connectivity index (χ2v) is 6.34. The third-order valence-corrected chi connectivity index (χ3v) is 4.56. The van der Waals surface area contributed by atoms with Gasteiger partial charge in [-0.25, -0.2) is 20.0 Å². The number of aliphatic imine (C=N–C) groups is 1. The second kappa shape index (κ2) is 6.25. The number of aromatic amines is 1. The van der Waals surface area contributed by atoms with Gasteiger partial charge < -0.3 is 0 Å². The summed E-state index contributed by atoms with van der Waals surface area (Å²) in [5.74, 6) is 2.76. The summed E-state index contributed by atoms with van der Waals surface area (Å²) >= 11 is 0. The van der Waals surface area contributed by atoms with Gasteiger partial charge in [-0.3, -0.25) is 9.67 Å². The van der Waals surface area contributed by atoms with Gasteiger partial charge in [-0.1, -0.05) is 12.8 Å². The van der Waals surface area contributed by atoms with Gasteiger partial charge in [-0.2, -0.15) is 5.10 Å². The highest BCUT2D eigenvalue weighted by Crippen LogP contribution is 2.19. The van der Waals surface area contributed by atoms with E-state index in [1.54, 1.807) is 0 Å². The summed E-state index contributed by atoms with van der Waals surface area (Å²) in [5, 5.41) is 12.1. The molecule has 1 N–H and O–H groups in total. The zero-order valence-electron chi connectivity index (χ0n) is 13.6. The van der Waals surface area contributed by atoms with Crippen LogP contribution in [0.3, 0.4) is 0 Å². The number of rotatable bonds is 2. The van der Waals surface area contributed by atoms with Crippen LogP contribution in [0.5, 0.6) is 0 Å². The van der Waals surface area contributed by atoms with Crippen LogP contribution in [-0.2, 0) is 6.54 Å². The summed E-state index contributed by atoms with van der Waals surface area (Å²) < 4.78 is 2.10. The molecule has 2 aliphatic heterocycles. The summed E-state index contributed by atoms with van der Waals surface area (Å²) in [6.45, 7) is 5.91. The van der Waals surface area contributed by atoms with Crippen LogP contribution in [0, 0.1) is 6.92 Å². The Morgan fingerprint density at radius 3 is 2.65 bits per heavy atom. The van der Waals surface area contributed by atoms with Crippen molar-refractivity contribution in [3.05, 3.63) is 30.0 Å². The fourth-order valence-electron chi connectivity index (χ4n) is 3.36. The minimum atomic E-state index is 0.731. The molecule has 0 aliphatic carbocycles. The molecule has 4 heterocycles. The molecule has 0 amide bonds. The highest BCUT2D eigenvalue weighted by Gasteiger charge is 2.26. The lowest BCUT2D eigenvalue weighted by molar-refractivity contribution is -0.0228. The normalized spacial score (nSPS) is 22.2. The number of nitrogens with one attached hydrogen (secondary N) is 1. The first kappa shape index (κ1) is 14.6. The molecule has 4 rings (SSSR count). The predicted octanol–water partition coefficient (Wildman–Crippen LogP) is 2.10. The lowest BCUT2D eigenvalue weighted by Crippen LogP contribution is -2.50. The maximum absolute atomic E-state index is 4.75. The van der Waals surface area contributed by atoms with Crippen molar-refractivity contribution in [1.29, 1.82) is 0 Å². The minimum Gasteiger partial charge on any atom is -0.289 e. The molecule has 2 aromatic rings. The smallest absolute Gasteiger partial charge is 0.175 e. The topological polar surface area (TPSA) is 65.3 Å². The molecule has 2 aromatic heterocycles. The van der Waals surface area contributed by atoms with Gasteiger partial charge in [0.05, 0.1) is 13.1 Å². The number of hydrogen-bond donors (Lipinski definition) is 1. The third-order valence-electron chi connectivity index (χ3n) is 4.56. The zero-order chi connectivity index (χ0) is 15.6. The molecule has 1 fully saturated rings. The van der Waals surface area contributed by atoms with E-state index in [1.165, 1.54) is 25.7 Å². The first-order valence-electron chi connectivity index (χ1n) is 8.41. The van der Waals surface area contributed by atoms with Crippen molar-refractivity contribution < 1.29 is 0 Å². The van der Waals surface area contributed by atoms with Gasteiger partial charge in [0.15, 0.2) is 5.82 Å². The summed E-state index contributed by atoms with van der Waals surface area (Å²) in [4.78, 5) is 9.26. The van der Waals surface area contributed by atoms with Crippen LogP contribution < -0.4 is 0 Å². The number of hydrogen-bond acceptors (Lipinski definition) is 5. The van der Waals surface area contributed by atoms with Gasteiger partial charge in [0.1, 0.15) is 11.7 Å². The van der Waals surface area contributed by atoms with Crippen LogP contribution in [0.2, 0.25) is 0 Å². The van der Waals surface area contributed by atoms with E-state index in [1.807, 2.05) is 25.4 Å². The average molecular weight is 313 g/mol. The van der Waals surface area contributed by atoms with Crippen molar-refractivity contribution in [3.63, 3.8) is 0 Å². The van der Waals surface area contributed by atoms with Crippen molar-refractivity contribution in [3.8, 4) is 0 Å². The molecule has 122 valence electrons. The highest BCUT2D eigenvalue weighted by atomic mass is 15.6. The Balaban J connectivity index is 1.62. The lowest BCUT2D eigenvalue weighted by Gasteiger charge is -2.37. The number of aryl methyl sites for hydroxylation is 1. The number of imidazole rings is 1. The molecule has 0 atom stereocenters. The Bertz CT molecular complexity index is 691. The highest BCUT2D eigenvalue weighted by molar-refractivity contribution is 5.89. The summed E-state index contributed by atoms with van der Waals surface area (Å²) in [5.41, 5.74) is 1.02. The van der Waals surface area contributed by atoms with Gasteiger partial charge in [-0.15, -0.1) is 0 Å². The molecule has 0 radical (unpaired) electrons. The molecule has 0 unspecified atom stereocenters. The lowest BCUT2D eigenvalue weighted by atomic mass is 10.2. The third kappa shape index (κ3) is 3.07. The maximum Gasteiger partial charge on any atom is 0.175 e. The van der Waals surface area contributed by atoms with Gasteiger partial charge in [0, 0.05) is 37.2 Å². The molecular weight excluding hydrogens is 290 g/mol. The Morgan fingerprint density at radius 2 is 1.91 bits per heavy atom. The maximum atomic E-state index is 4.75. The second-order valence-electron chi connectivity index (χ2n) is 6.34. The standard InChI is InChI=1S/C16H23N7/c1-13-10-14(20-19-13)18-16-12-22(11-15-17-6-9-23(15)16)21-7-4-2-3-5-8-21/h6,9-10H,2-5,7-8,11-12H2,1H3,(H,19,20). The number of hydrazine groups is 1. The first-order valence-corrected chi connectivity index (χ1v) is 8.41. The number of aromatic nitrogens is 4. The van der Waals surface area contributed by atoms with Crippen molar-refractivity contribution in [1.82, 2.24) is 29.8 Å². The van der Waals surface area contributed by atoms with Crippen LogP contribution in [0.1, 0.15) is 37.2 Å². The van der Waals surface area contributed by atoms with E-state index in [2.05, 4.69) is 29.8 Å². The van der Waals surface area contributed by atoms with E-state index in [9.17, 15) is 0 Å².